The molecule has 1 saturated carbocycles. The summed E-state index contributed by atoms with van der Waals surface area (Å²) >= 11 is 0. The molecule has 2 aliphatic rings. The number of hydrogen-bond acceptors (Lipinski definition) is 5. The average molecular weight is 521 g/mol. The molecule has 1 aromatic carbocycles. The number of aromatic amines is 1. The zero-order chi connectivity index (χ0) is 27.0. The van der Waals surface area contributed by atoms with Crippen LogP contribution in [0.25, 0.3) is 10.9 Å². The van der Waals surface area contributed by atoms with Gasteiger partial charge in [0.2, 0.25) is 0 Å². The summed E-state index contributed by atoms with van der Waals surface area (Å²) in [5.41, 5.74) is 3.47. The number of piperidine rings is 1. The fourth-order valence-electron chi connectivity index (χ4n) is 6.41. The van der Waals surface area contributed by atoms with Crippen molar-refractivity contribution in [2.75, 3.05) is 20.2 Å². The van der Waals surface area contributed by atoms with E-state index in [1.54, 1.807) is 13.0 Å². The molecule has 2 fully saturated rings. The van der Waals surface area contributed by atoms with E-state index in [-0.39, 0.29) is 30.3 Å². The van der Waals surface area contributed by atoms with Gasteiger partial charge in [0.1, 0.15) is 12.0 Å². The standard InChI is InChI=1S/C30H40N4O4/c1-18-16-26(38-4)24(28(35)32-18)17-31-29(36)27-20(3)34(25-11-6-5-10-23(25)27)19(2)21-12-14-33(15-13-21)30(37)22-8-7-9-22/h5-6,10-11,16,19,21-22,30,37H,7-9,12-15,17H2,1-4H3,(H,31,36)(H,32,35)/t19-,30?/m1/s1. The first-order valence-electron chi connectivity index (χ1n) is 13.9. The third-order valence-electron chi connectivity index (χ3n) is 8.87. The number of nitrogens with zero attached hydrogens (tertiary/aromatic N) is 2. The number of likely N-dealkylation sites (tertiary alicyclic amines) is 1. The van der Waals surface area contributed by atoms with Crippen LogP contribution in [0.15, 0.2) is 35.1 Å². The van der Waals surface area contributed by atoms with E-state index >= 15 is 0 Å². The number of fused-ring (bicyclic) bond motifs is 1. The van der Waals surface area contributed by atoms with Crippen molar-refractivity contribution in [3.05, 3.63) is 63.2 Å². The summed E-state index contributed by atoms with van der Waals surface area (Å²) in [6.07, 6.45) is 5.26. The van der Waals surface area contributed by atoms with Gasteiger partial charge in [0.05, 0.1) is 24.8 Å². The van der Waals surface area contributed by atoms with Crippen LogP contribution in [0.3, 0.4) is 0 Å². The van der Waals surface area contributed by atoms with Crippen LogP contribution in [0.2, 0.25) is 0 Å². The number of nitrogens with one attached hydrogen (secondary N) is 2. The van der Waals surface area contributed by atoms with Crippen LogP contribution in [0, 0.1) is 25.7 Å². The highest BCUT2D eigenvalue weighted by Gasteiger charge is 2.34. The molecular weight excluding hydrogens is 480 g/mol. The van der Waals surface area contributed by atoms with Gasteiger partial charge in [0.15, 0.2) is 0 Å². The summed E-state index contributed by atoms with van der Waals surface area (Å²) in [7, 11) is 1.53. The van der Waals surface area contributed by atoms with Crippen LogP contribution >= 0.6 is 0 Å². The fraction of sp³-hybridized carbons (Fsp3) is 0.533. The largest absolute Gasteiger partial charge is 0.496 e. The monoisotopic (exact) mass is 520 g/mol. The molecule has 0 spiro atoms. The SMILES string of the molecule is COc1cc(C)[nH]c(=O)c1CNC(=O)c1c(C)n([C@H](C)C2CCN(C(O)C3CCC3)CC2)c2ccccc12. The van der Waals surface area contributed by atoms with Gasteiger partial charge in [0.25, 0.3) is 11.5 Å². The van der Waals surface area contributed by atoms with Crippen molar-refractivity contribution in [1.82, 2.24) is 19.8 Å². The summed E-state index contributed by atoms with van der Waals surface area (Å²) in [6, 6.07) is 10.0. The Kier molecular flexibility index (Phi) is 7.63. The summed E-state index contributed by atoms with van der Waals surface area (Å²) in [6.45, 7) is 7.96. The molecule has 3 N–H and O–H groups in total. The Bertz CT molecular complexity index is 1360. The zero-order valence-corrected chi connectivity index (χ0v) is 22.9. The van der Waals surface area contributed by atoms with Gasteiger partial charge in [-0.15, -0.1) is 0 Å². The highest BCUT2D eigenvalue weighted by molar-refractivity contribution is 6.08. The van der Waals surface area contributed by atoms with E-state index in [0.717, 1.165) is 55.4 Å². The predicted octanol–water partition coefficient (Wildman–Crippen LogP) is 4.28. The van der Waals surface area contributed by atoms with Crippen LogP contribution in [-0.2, 0) is 6.54 Å². The van der Waals surface area contributed by atoms with Crippen LogP contribution in [0.1, 0.15) is 72.4 Å². The van der Waals surface area contributed by atoms with Crippen LogP contribution in [0.4, 0.5) is 0 Å². The molecule has 2 aromatic heterocycles. The number of aromatic nitrogens is 2. The first-order chi connectivity index (χ1) is 18.3. The molecule has 8 nitrogen and oxygen atoms in total. The van der Waals surface area contributed by atoms with E-state index in [1.807, 2.05) is 25.1 Å². The van der Waals surface area contributed by atoms with Crippen molar-refractivity contribution in [2.45, 2.75) is 71.7 Å². The number of H-pyrrole nitrogens is 1. The quantitative estimate of drug-likeness (QED) is 0.412. The predicted molar refractivity (Wildman–Crippen MR) is 149 cm³/mol. The smallest absolute Gasteiger partial charge is 0.256 e. The Hall–Kier alpha value is -3.10. The molecule has 1 amide bonds. The van der Waals surface area contributed by atoms with E-state index in [4.69, 9.17) is 4.74 Å². The zero-order valence-electron chi connectivity index (χ0n) is 22.9. The Balaban J connectivity index is 1.36. The molecule has 3 aromatic rings. The minimum atomic E-state index is -0.302. The second-order valence-electron chi connectivity index (χ2n) is 11.1. The highest BCUT2D eigenvalue weighted by atomic mass is 16.5. The Morgan fingerprint density at radius 1 is 1.16 bits per heavy atom. The van der Waals surface area contributed by atoms with Crippen molar-refractivity contribution >= 4 is 16.8 Å². The van der Waals surface area contributed by atoms with Gasteiger partial charge < -0.3 is 24.7 Å². The normalized spacial score (nSPS) is 18.8. The number of carbonyl (C=O) groups excluding carboxylic acids is 1. The molecule has 8 heteroatoms. The third-order valence-corrected chi connectivity index (χ3v) is 8.87. The van der Waals surface area contributed by atoms with Crippen molar-refractivity contribution in [3.8, 4) is 5.75 Å². The summed E-state index contributed by atoms with van der Waals surface area (Å²) in [5.74, 6) is 1.16. The highest BCUT2D eigenvalue weighted by Crippen LogP contribution is 2.38. The number of aliphatic hydroxyl groups is 1. The average Bonchev–Trinajstić information content (AvgIpc) is 3.17. The van der Waals surface area contributed by atoms with Gasteiger partial charge in [0, 0.05) is 41.4 Å². The van der Waals surface area contributed by atoms with Crippen LogP contribution in [0.5, 0.6) is 5.75 Å². The number of para-hydroxylation sites is 1. The molecule has 3 heterocycles. The molecular formula is C30H40N4O4. The number of rotatable bonds is 8. The number of amides is 1. The lowest BCUT2D eigenvalue weighted by Crippen LogP contribution is -2.47. The van der Waals surface area contributed by atoms with Crippen molar-refractivity contribution < 1.29 is 14.6 Å². The van der Waals surface area contributed by atoms with Gasteiger partial charge in [-0.05, 0) is 70.4 Å². The number of pyridine rings is 1. The molecule has 0 radical (unpaired) electrons. The maximum atomic E-state index is 13.5. The summed E-state index contributed by atoms with van der Waals surface area (Å²) < 4.78 is 7.70. The van der Waals surface area contributed by atoms with E-state index < -0.39 is 0 Å². The van der Waals surface area contributed by atoms with Gasteiger partial charge in [-0.3, -0.25) is 14.5 Å². The number of carbonyl (C=O) groups is 1. The summed E-state index contributed by atoms with van der Waals surface area (Å²) in [4.78, 5) is 31.1. The Morgan fingerprint density at radius 2 is 1.87 bits per heavy atom. The number of aryl methyl sites for hydroxylation is 1. The van der Waals surface area contributed by atoms with Gasteiger partial charge in [-0.1, -0.05) is 24.6 Å². The molecule has 204 valence electrons. The number of benzene rings is 1. The molecule has 2 atom stereocenters. The topological polar surface area (TPSA) is 99.6 Å². The lowest BCUT2D eigenvalue weighted by Gasteiger charge is -2.42. The van der Waals surface area contributed by atoms with Gasteiger partial charge in [-0.2, -0.15) is 0 Å². The second-order valence-corrected chi connectivity index (χ2v) is 11.1. The van der Waals surface area contributed by atoms with Gasteiger partial charge >= 0.3 is 0 Å². The summed E-state index contributed by atoms with van der Waals surface area (Å²) in [5, 5.41) is 14.6. The molecule has 1 aliphatic carbocycles. The third kappa shape index (κ3) is 4.87. The van der Waals surface area contributed by atoms with E-state index in [1.165, 1.54) is 13.5 Å². The molecule has 5 rings (SSSR count). The van der Waals surface area contributed by atoms with E-state index in [2.05, 4.69) is 32.8 Å². The van der Waals surface area contributed by atoms with Crippen molar-refractivity contribution in [3.63, 3.8) is 0 Å². The van der Waals surface area contributed by atoms with E-state index in [9.17, 15) is 14.7 Å². The van der Waals surface area contributed by atoms with E-state index in [0.29, 0.717) is 34.4 Å². The number of methoxy groups -OCH3 is 1. The Labute approximate surface area is 224 Å². The lowest BCUT2D eigenvalue weighted by atomic mass is 9.82. The minimum absolute atomic E-state index is 0.0773. The molecule has 38 heavy (non-hydrogen) atoms. The maximum Gasteiger partial charge on any atom is 0.256 e. The first kappa shape index (κ1) is 26.5. The molecule has 0 bridgehead atoms. The van der Waals surface area contributed by atoms with Crippen LogP contribution in [-0.4, -0.2) is 51.9 Å². The van der Waals surface area contributed by atoms with Crippen molar-refractivity contribution in [1.29, 1.82) is 0 Å². The molecule has 1 saturated heterocycles. The number of aliphatic hydroxyl groups excluding tert-OH is 1. The molecule has 1 unspecified atom stereocenters. The number of ether oxygens (including phenoxy) is 1. The maximum absolute atomic E-state index is 13.5. The number of hydrogen-bond donors (Lipinski definition) is 3. The Morgan fingerprint density at radius 3 is 2.53 bits per heavy atom. The lowest BCUT2D eigenvalue weighted by molar-refractivity contribution is -0.0790. The minimum Gasteiger partial charge on any atom is -0.496 e. The fourth-order valence-corrected chi connectivity index (χ4v) is 6.41. The van der Waals surface area contributed by atoms with Crippen molar-refractivity contribution in [2.24, 2.45) is 11.8 Å². The molecule has 1 aliphatic heterocycles. The first-order valence-corrected chi connectivity index (χ1v) is 13.9. The van der Waals surface area contributed by atoms with Crippen LogP contribution < -0.4 is 15.6 Å². The van der Waals surface area contributed by atoms with Gasteiger partial charge in [-0.25, -0.2) is 0 Å². The second kappa shape index (κ2) is 10.9.